The lowest BCUT2D eigenvalue weighted by atomic mass is 10.1. The van der Waals surface area contributed by atoms with Crippen molar-refractivity contribution in [3.63, 3.8) is 0 Å². The van der Waals surface area contributed by atoms with E-state index in [0.29, 0.717) is 16.1 Å². The van der Waals surface area contributed by atoms with Crippen LogP contribution in [0.3, 0.4) is 0 Å². The van der Waals surface area contributed by atoms with Crippen LogP contribution in [0.25, 0.3) is 11.6 Å². The Labute approximate surface area is 113 Å². The third kappa shape index (κ3) is 3.03. The van der Waals surface area contributed by atoms with Crippen LogP contribution in [-0.4, -0.2) is 9.91 Å². The Morgan fingerprint density at radius 3 is 2.95 bits per heavy atom. The lowest BCUT2D eigenvalue weighted by Gasteiger charge is -1.96. The zero-order chi connectivity index (χ0) is 13.8. The maximum Gasteiger partial charge on any atom is 0.270 e. The van der Waals surface area contributed by atoms with E-state index in [1.165, 1.54) is 23.5 Å². The van der Waals surface area contributed by atoms with E-state index >= 15 is 0 Å². The number of nitrogens with zero attached hydrogens (tertiary/aromatic N) is 3. The molecule has 0 spiro atoms. The van der Waals surface area contributed by atoms with Gasteiger partial charge >= 0.3 is 0 Å². The Bertz CT molecular complexity index is 698. The molecule has 1 heterocycles. The van der Waals surface area contributed by atoms with Gasteiger partial charge in [-0.2, -0.15) is 5.26 Å². The van der Waals surface area contributed by atoms with Crippen LogP contribution in [0, 0.1) is 28.4 Å². The molecule has 0 radical (unpaired) electrons. The molecule has 0 saturated heterocycles. The fraction of sp³-hybridized carbons (Fsp3) is 0.0769. The Balaban J connectivity index is 2.41. The van der Waals surface area contributed by atoms with E-state index in [2.05, 4.69) is 11.1 Å². The highest BCUT2D eigenvalue weighted by Gasteiger charge is 2.08. The van der Waals surface area contributed by atoms with Gasteiger partial charge in [-0.1, -0.05) is 12.1 Å². The molecular formula is C13H9N3O2S. The van der Waals surface area contributed by atoms with Crippen LogP contribution in [-0.2, 0) is 0 Å². The Kier molecular flexibility index (Phi) is 3.68. The van der Waals surface area contributed by atoms with Crippen molar-refractivity contribution in [1.29, 1.82) is 5.26 Å². The zero-order valence-electron chi connectivity index (χ0n) is 10.0. The van der Waals surface area contributed by atoms with Crippen molar-refractivity contribution < 1.29 is 4.92 Å². The highest BCUT2D eigenvalue weighted by molar-refractivity contribution is 7.11. The quantitative estimate of drug-likeness (QED) is 0.486. The van der Waals surface area contributed by atoms with Gasteiger partial charge in [-0.3, -0.25) is 10.1 Å². The average molecular weight is 271 g/mol. The van der Waals surface area contributed by atoms with Gasteiger partial charge in [0.2, 0.25) is 0 Å². The van der Waals surface area contributed by atoms with E-state index < -0.39 is 4.92 Å². The molecule has 0 fully saturated rings. The SMILES string of the molecule is Cc1csc(C(C#N)=Cc2cccc([N+](=O)[O-])c2)n1. The number of nitriles is 1. The van der Waals surface area contributed by atoms with Gasteiger partial charge in [-0.15, -0.1) is 11.3 Å². The number of nitro benzene ring substituents is 1. The van der Waals surface area contributed by atoms with Crippen molar-refractivity contribution in [2.45, 2.75) is 6.92 Å². The molecule has 0 N–H and O–H groups in total. The maximum absolute atomic E-state index is 10.7. The van der Waals surface area contributed by atoms with E-state index in [-0.39, 0.29) is 5.69 Å². The van der Waals surface area contributed by atoms with Crippen LogP contribution in [0.4, 0.5) is 5.69 Å². The second-order valence-electron chi connectivity index (χ2n) is 3.82. The van der Waals surface area contributed by atoms with Crippen molar-refractivity contribution in [2.24, 2.45) is 0 Å². The number of non-ortho nitro benzene ring substituents is 1. The van der Waals surface area contributed by atoms with Crippen LogP contribution >= 0.6 is 11.3 Å². The third-order valence-corrected chi connectivity index (χ3v) is 3.36. The highest BCUT2D eigenvalue weighted by atomic mass is 32.1. The molecule has 2 aromatic rings. The summed E-state index contributed by atoms with van der Waals surface area (Å²) in [5, 5.41) is 22.3. The number of hydrogen-bond donors (Lipinski definition) is 0. The van der Waals surface area contributed by atoms with Gasteiger partial charge in [0, 0.05) is 23.2 Å². The lowest BCUT2D eigenvalue weighted by molar-refractivity contribution is -0.384. The van der Waals surface area contributed by atoms with E-state index in [0.717, 1.165) is 5.69 Å². The van der Waals surface area contributed by atoms with E-state index in [4.69, 9.17) is 5.26 Å². The molecule has 0 amide bonds. The molecule has 0 aliphatic rings. The fourth-order valence-electron chi connectivity index (χ4n) is 1.51. The smallest absolute Gasteiger partial charge is 0.258 e. The van der Waals surface area contributed by atoms with Crippen molar-refractivity contribution in [1.82, 2.24) is 4.98 Å². The molecule has 19 heavy (non-hydrogen) atoms. The first-order chi connectivity index (χ1) is 9.10. The topological polar surface area (TPSA) is 79.8 Å². The average Bonchev–Trinajstić information content (AvgIpc) is 2.83. The van der Waals surface area contributed by atoms with Crippen LogP contribution < -0.4 is 0 Å². The first-order valence-corrected chi connectivity index (χ1v) is 6.27. The number of thiazole rings is 1. The second kappa shape index (κ2) is 5.42. The monoisotopic (exact) mass is 271 g/mol. The summed E-state index contributed by atoms with van der Waals surface area (Å²) >= 11 is 1.38. The molecule has 0 aliphatic heterocycles. The molecule has 1 aromatic heterocycles. The molecule has 0 aliphatic carbocycles. The molecule has 6 heteroatoms. The standard InChI is InChI=1S/C13H9N3O2S/c1-9-8-19-13(15-9)11(7-14)5-10-3-2-4-12(6-10)16(17)18/h2-6,8H,1H3. The Morgan fingerprint density at radius 1 is 1.58 bits per heavy atom. The van der Waals surface area contributed by atoms with Gasteiger partial charge in [-0.05, 0) is 18.6 Å². The lowest BCUT2D eigenvalue weighted by Crippen LogP contribution is -1.88. The second-order valence-corrected chi connectivity index (χ2v) is 4.67. The fourth-order valence-corrected chi connectivity index (χ4v) is 2.28. The molecule has 5 nitrogen and oxygen atoms in total. The summed E-state index contributed by atoms with van der Waals surface area (Å²) in [6.07, 6.45) is 1.60. The van der Waals surface area contributed by atoms with Gasteiger partial charge < -0.3 is 0 Å². The number of rotatable bonds is 3. The molecule has 0 saturated carbocycles. The van der Waals surface area contributed by atoms with Gasteiger partial charge in [0.1, 0.15) is 11.1 Å². The number of aromatic nitrogens is 1. The van der Waals surface area contributed by atoms with E-state index in [1.807, 2.05) is 12.3 Å². The summed E-state index contributed by atoms with van der Waals surface area (Å²) in [7, 11) is 0. The summed E-state index contributed by atoms with van der Waals surface area (Å²) in [5.41, 5.74) is 1.86. The predicted molar refractivity (Wildman–Crippen MR) is 73.4 cm³/mol. The molecule has 0 atom stereocenters. The van der Waals surface area contributed by atoms with Crippen LogP contribution in [0.2, 0.25) is 0 Å². The molecule has 1 aromatic carbocycles. The summed E-state index contributed by atoms with van der Waals surface area (Å²) in [6, 6.07) is 8.21. The van der Waals surface area contributed by atoms with Crippen molar-refractivity contribution in [2.75, 3.05) is 0 Å². The number of hydrogen-bond acceptors (Lipinski definition) is 5. The summed E-state index contributed by atoms with van der Waals surface area (Å²) in [6.45, 7) is 1.85. The van der Waals surface area contributed by atoms with Gasteiger partial charge in [0.15, 0.2) is 0 Å². The predicted octanol–water partition coefficient (Wildman–Crippen LogP) is 3.42. The molecule has 94 valence electrons. The first-order valence-electron chi connectivity index (χ1n) is 5.39. The Hall–Kier alpha value is -2.52. The largest absolute Gasteiger partial charge is 0.270 e. The van der Waals surface area contributed by atoms with E-state index in [9.17, 15) is 10.1 Å². The maximum atomic E-state index is 10.7. The third-order valence-electron chi connectivity index (χ3n) is 2.36. The minimum absolute atomic E-state index is 0.00126. The van der Waals surface area contributed by atoms with E-state index in [1.54, 1.807) is 18.2 Å². The molecule has 0 unspecified atom stereocenters. The minimum atomic E-state index is -0.461. The zero-order valence-corrected chi connectivity index (χ0v) is 10.8. The van der Waals surface area contributed by atoms with Crippen LogP contribution in [0.15, 0.2) is 29.6 Å². The number of aryl methyl sites for hydroxylation is 1. The molecule has 2 rings (SSSR count). The van der Waals surface area contributed by atoms with Crippen LogP contribution in [0.1, 0.15) is 16.3 Å². The number of nitro groups is 1. The Morgan fingerprint density at radius 2 is 2.37 bits per heavy atom. The van der Waals surface area contributed by atoms with Crippen molar-refractivity contribution >= 4 is 28.7 Å². The summed E-state index contributed by atoms with van der Waals surface area (Å²) in [5.74, 6) is 0. The van der Waals surface area contributed by atoms with Gasteiger partial charge in [0.05, 0.1) is 10.5 Å². The highest BCUT2D eigenvalue weighted by Crippen LogP contribution is 2.22. The van der Waals surface area contributed by atoms with Gasteiger partial charge in [-0.25, -0.2) is 4.98 Å². The summed E-state index contributed by atoms with van der Waals surface area (Å²) < 4.78 is 0. The number of benzene rings is 1. The molecular weight excluding hydrogens is 262 g/mol. The van der Waals surface area contributed by atoms with Crippen molar-refractivity contribution in [3.8, 4) is 6.07 Å². The summed E-state index contributed by atoms with van der Waals surface area (Å²) in [4.78, 5) is 14.5. The normalized spacial score (nSPS) is 11.1. The van der Waals surface area contributed by atoms with Gasteiger partial charge in [0.25, 0.3) is 5.69 Å². The van der Waals surface area contributed by atoms with Crippen molar-refractivity contribution in [3.05, 3.63) is 56.0 Å². The van der Waals surface area contributed by atoms with Crippen LogP contribution in [0.5, 0.6) is 0 Å². The first kappa shape index (κ1) is 12.9. The number of allylic oxidation sites excluding steroid dienone is 1. The molecule has 0 bridgehead atoms. The minimum Gasteiger partial charge on any atom is -0.258 e.